The first-order valence-corrected chi connectivity index (χ1v) is 7.75. The quantitative estimate of drug-likeness (QED) is 0.938. The second-order valence-electron chi connectivity index (χ2n) is 5.67. The van der Waals surface area contributed by atoms with Crippen LogP contribution >= 0.6 is 0 Å². The van der Waals surface area contributed by atoms with E-state index in [9.17, 15) is 9.90 Å². The number of benzene rings is 1. The zero-order valence-electron chi connectivity index (χ0n) is 14.0. The summed E-state index contributed by atoms with van der Waals surface area (Å²) in [6.07, 6.45) is 0.563. The minimum absolute atomic E-state index is 0.115. The van der Waals surface area contributed by atoms with Gasteiger partial charge in [-0.05, 0) is 53.8 Å². The first-order chi connectivity index (χ1) is 11.6. The van der Waals surface area contributed by atoms with Gasteiger partial charge in [-0.3, -0.25) is 4.79 Å². The van der Waals surface area contributed by atoms with Crippen molar-refractivity contribution in [2.24, 2.45) is 0 Å². The van der Waals surface area contributed by atoms with Crippen LogP contribution in [0.2, 0.25) is 0 Å². The number of fused-ring (bicyclic) bond motifs is 3. The molecule has 0 unspecified atom stereocenters. The number of aliphatic hydroxyl groups is 1. The Hall–Kier alpha value is -2.53. The summed E-state index contributed by atoms with van der Waals surface area (Å²) >= 11 is 0. The predicted molar refractivity (Wildman–Crippen MR) is 91.1 cm³/mol. The first-order valence-electron chi connectivity index (χ1n) is 7.75. The number of ether oxygens (including phenoxy) is 3. The van der Waals surface area contributed by atoms with Crippen LogP contribution in [0, 0.1) is 0 Å². The van der Waals surface area contributed by atoms with Gasteiger partial charge in [0.1, 0.15) is 0 Å². The topological polar surface area (TPSA) is 65.0 Å². The third-order valence-corrected chi connectivity index (χ3v) is 4.38. The van der Waals surface area contributed by atoms with Gasteiger partial charge in [0.25, 0.3) is 0 Å². The molecule has 5 nitrogen and oxygen atoms in total. The van der Waals surface area contributed by atoms with Crippen LogP contribution in [0.3, 0.4) is 0 Å². The van der Waals surface area contributed by atoms with Crippen molar-refractivity contribution < 1.29 is 19.3 Å². The maximum atomic E-state index is 11.8. The van der Waals surface area contributed by atoms with Crippen molar-refractivity contribution in [2.45, 2.75) is 18.9 Å². The molecule has 1 atom stereocenters. The maximum absolute atomic E-state index is 11.8. The minimum atomic E-state index is -0.652. The van der Waals surface area contributed by atoms with E-state index in [0.717, 1.165) is 16.7 Å². The van der Waals surface area contributed by atoms with Crippen molar-refractivity contribution in [3.8, 4) is 28.4 Å². The van der Waals surface area contributed by atoms with Crippen LogP contribution in [0.1, 0.15) is 23.7 Å². The van der Waals surface area contributed by atoms with Crippen molar-refractivity contribution in [1.29, 1.82) is 0 Å². The largest absolute Gasteiger partial charge is 0.493 e. The minimum Gasteiger partial charge on any atom is -0.493 e. The Kier molecular flexibility index (Phi) is 4.44. The lowest BCUT2D eigenvalue weighted by Crippen LogP contribution is -2.00. The molecule has 1 aliphatic carbocycles. The van der Waals surface area contributed by atoms with Crippen LogP contribution in [0.5, 0.6) is 17.2 Å². The highest BCUT2D eigenvalue weighted by atomic mass is 16.5. The lowest BCUT2D eigenvalue weighted by Gasteiger charge is -2.19. The molecule has 126 valence electrons. The molecule has 0 aliphatic heterocycles. The zero-order valence-corrected chi connectivity index (χ0v) is 14.0. The van der Waals surface area contributed by atoms with E-state index in [1.54, 1.807) is 33.5 Å². The molecule has 0 radical (unpaired) electrons. The van der Waals surface area contributed by atoms with Gasteiger partial charge >= 0.3 is 0 Å². The molecule has 0 spiro atoms. The summed E-state index contributed by atoms with van der Waals surface area (Å²) in [7, 11) is 4.70. The van der Waals surface area contributed by atoms with E-state index in [-0.39, 0.29) is 5.43 Å². The molecule has 0 aromatic heterocycles. The average Bonchev–Trinajstić information content (AvgIpc) is 2.86. The Balaban J connectivity index is 2.42. The van der Waals surface area contributed by atoms with Gasteiger partial charge < -0.3 is 19.3 Å². The van der Waals surface area contributed by atoms with Crippen molar-refractivity contribution in [1.82, 2.24) is 0 Å². The van der Waals surface area contributed by atoms with Gasteiger partial charge in [0.05, 0.1) is 27.4 Å². The Bertz CT molecular complexity index is 829. The number of methoxy groups -OCH3 is 3. The number of hydrogen-bond donors (Lipinski definition) is 1. The zero-order chi connectivity index (χ0) is 17.3. The van der Waals surface area contributed by atoms with Gasteiger partial charge in [-0.1, -0.05) is 6.07 Å². The van der Waals surface area contributed by atoms with E-state index >= 15 is 0 Å². The van der Waals surface area contributed by atoms with E-state index < -0.39 is 6.10 Å². The molecule has 2 aromatic carbocycles. The van der Waals surface area contributed by atoms with E-state index in [4.69, 9.17) is 14.2 Å². The molecular formula is C19H20O5. The highest BCUT2D eigenvalue weighted by molar-refractivity contribution is 5.82. The summed E-state index contributed by atoms with van der Waals surface area (Å²) in [4.78, 5) is 11.8. The summed E-state index contributed by atoms with van der Waals surface area (Å²) in [5, 5.41) is 10.5. The number of rotatable bonds is 3. The van der Waals surface area contributed by atoms with Gasteiger partial charge in [0.2, 0.25) is 5.75 Å². The fraction of sp³-hybridized carbons (Fsp3) is 0.316. The Labute approximate surface area is 140 Å². The summed E-state index contributed by atoms with van der Waals surface area (Å²) in [6.45, 7) is 0. The van der Waals surface area contributed by atoms with Crippen LogP contribution in [0.4, 0.5) is 0 Å². The third kappa shape index (κ3) is 2.61. The van der Waals surface area contributed by atoms with E-state index in [1.165, 1.54) is 12.1 Å². The van der Waals surface area contributed by atoms with Crippen LogP contribution < -0.4 is 19.6 Å². The van der Waals surface area contributed by atoms with E-state index in [0.29, 0.717) is 35.7 Å². The molecule has 24 heavy (non-hydrogen) atoms. The van der Waals surface area contributed by atoms with Crippen LogP contribution in [-0.2, 0) is 6.42 Å². The standard InChI is InChI=1S/C19H20O5/c1-22-16-10-11-4-9-15(21)13-7-5-12(20)6-8-14(13)17(11)19(24-3)18(16)23-2/h5-8,10,15,21H,4,9H2,1-3H3/t15-/m0/s1. The molecule has 5 heteroatoms. The fourth-order valence-corrected chi connectivity index (χ4v) is 3.24. The number of hydrogen-bond acceptors (Lipinski definition) is 5. The van der Waals surface area contributed by atoms with Crippen molar-refractivity contribution in [2.75, 3.05) is 21.3 Å². The molecule has 3 rings (SSSR count). The molecule has 0 fully saturated rings. The Morgan fingerprint density at radius 1 is 1.00 bits per heavy atom. The van der Waals surface area contributed by atoms with Gasteiger partial charge in [0.15, 0.2) is 16.9 Å². The summed E-state index contributed by atoms with van der Waals surface area (Å²) in [6, 6.07) is 8.30. The van der Waals surface area contributed by atoms with Gasteiger partial charge in [0, 0.05) is 5.56 Å². The molecule has 0 heterocycles. The summed E-state index contributed by atoms with van der Waals surface area (Å²) in [5.74, 6) is 1.62. The highest BCUT2D eigenvalue weighted by Crippen LogP contribution is 2.49. The number of aryl methyl sites for hydroxylation is 1. The summed E-state index contributed by atoms with van der Waals surface area (Å²) < 4.78 is 16.5. The molecule has 0 saturated carbocycles. The second kappa shape index (κ2) is 6.53. The normalized spacial score (nSPS) is 15.8. The SMILES string of the molecule is COc1cc2c(c(OC)c1OC)-c1ccc(=O)ccc1[C@@H](O)CC2. The van der Waals surface area contributed by atoms with Crippen LogP contribution in [-0.4, -0.2) is 26.4 Å². The molecule has 0 saturated heterocycles. The van der Waals surface area contributed by atoms with Gasteiger partial charge in [-0.15, -0.1) is 0 Å². The van der Waals surface area contributed by atoms with Crippen molar-refractivity contribution >= 4 is 0 Å². The molecule has 0 amide bonds. The highest BCUT2D eigenvalue weighted by Gasteiger charge is 2.27. The van der Waals surface area contributed by atoms with Crippen molar-refractivity contribution in [3.05, 3.63) is 51.7 Å². The molecule has 1 aliphatic rings. The molecular weight excluding hydrogens is 308 g/mol. The fourth-order valence-electron chi connectivity index (χ4n) is 3.24. The van der Waals surface area contributed by atoms with Crippen LogP contribution in [0.25, 0.3) is 11.1 Å². The molecule has 1 N–H and O–H groups in total. The second-order valence-corrected chi connectivity index (χ2v) is 5.67. The first kappa shape index (κ1) is 16.3. The Morgan fingerprint density at radius 3 is 2.38 bits per heavy atom. The lowest BCUT2D eigenvalue weighted by atomic mass is 9.96. The summed E-state index contributed by atoms with van der Waals surface area (Å²) in [5.41, 5.74) is 3.19. The monoisotopic (exact) mass is 328 g/mol. The maximum Gasteiger partial charge on any atom is 0.203 e. The number of aliphatic hydroxyl groups excluding tert-OH is 1. The van der Waals surface area contributed by atoms with E-state index in [2.05, 4.69) is 0 Å². The third-order valence-electron chi connectivity index (χ3n) is 4.38. The lowest BCUT2D eigenvalue weighted by molar-refractivity contribution is 0.169. The average molecular weight is 328 g/mol. The van der Waals surface area contributed by atoms with Crippen molar-refractivity contribution in [3.63, 3.8) is 0 Å². The predicted octanol–water partition coefficient (Wildman–Crippen LogP) is 2.72. The van der Waals surface area contributed by atoms with Crippen LogP contribution in [0.15, 0.2) is 35.1 Å². The van der Waals surface area contributed by atoms with Gasteiger partial charge in [-0.2, -0.15) is 0 Å². The Morgan fingerprint density at radius 2 is 1.71 bits per heavy atom. The smallest absolute Gasteiger partial charge is 0.203 e. The van der Waals surface area contributed by atoms with E-state index in [1.807, 2.05) is 6.07 Å². The molecule has 0 bridgehead atoms. The van der Waals surface area contributed by atoms with Gasteiger partial charge in [-0.25, -0.2) is 0 Å². The molecule has 2 aromatic rings.